The second-order valence-electron chi connectivity index (χ2n) is 7.17. The summed E-state index contributed by atoms with van der Waals surface area (Å²) in [5.74, 6) is 0.755. The van der Waals surface area contributed by atoms with Crippen molar-refractivity contribution in [1.29, 1.82) is 0 Å². The summed E-state index contributed by atoms with van der Waals surface area (Å²) in [7, 11) is 0. The molecule has 0 amide bonds. The maximum absolute atomic E-state index is 4.51. The van der Waals surface area contributed by atoms with Crippen LogP contribution >= 0.6 is 0 Å². The fourth-order valence-corrected chi connectivity index (χ4v) is 3.47. The molecule has 0 aliphatic heterocycles. The van der Waals surface area contributed by atoms with Gasteiger partial charge >= 0.3 is 0 Å². The molecule has 148 valence electrons. The molecule has 5 aromatic rings. The van der Waals surface area contributed by atoms with Gasteiger partial charge in [-0.25, -0.2) is 14.6 Å². The molecule has 0 saturated heterocycles. The van der Waals surface area contributed by atoms with Gasteiger partial charge in [-0.15, -0.1) is 0 Å². The Morgan fingerprint density at radius 1 is 0.900 bits per heavy atom. The number of hydrogen-bond donors (Lipinski definition) is 1. The smallest absolute Gasteiger partial charge is 0.168 e. The van der Waals surface area contributed by atoms with Gasteiger partial charge in [0, 0.05) is 11.8 Å². The Hall–Kier alpha value is -4.00. The monoisotopic (exact) mass is 395 g/mol. The predicted octanol–water partition coefficient (Wildman–Crippen LogP) is 4.23. The first-order valence-corrected chi connectivity index (χ1v) is 9.85. The number of hydrogen-bond acceptors (Lipinski definition) is 5. The zero-order chi connectivity index (χ0) is 20.3. The quantitative estimate of drug-likeness (QED) is 0.466. The van der Waals surface area contributed by atoms with E-state index < -0.39 is 0 Å². The number of aromatic nitrogens is 6. The minimum Gasteiger partial charge on any atom is -0.363 e. The molecule has 7 nitrogen and oxygen atoms in total. The molecule has 0 bridgehead atoms. The highest BCUT2D eigenvalue weighted by Gasteiger charge is 2.14. The summed E-state index contributed by atoms with van der Waals surface area (Å²) in [6, 6.07) is 20.3. The van der Waals surface area contributed by atoms with Crippen LogP contribution in [0.3, 0.4) is 0 Å². The molecule has 0 fully saturated rings. The van der Waals surface area contributed by atoms with Crippen LogP contribution in [0.25, 0.3) is 16.7 Å². The average molecular weight is 395 g/mol. The zero-order valence-electron chi connectivity index (χ0n) is 16.6. The molecule has 7 heteroatoms. The van der Waals surface area contributed by atoms with E-state index in [0.29, 0.717) is 0 Å². The van der Waals surface area contributed by atoms with Crippen molar-refractivity contribution < 1.29 is 0 Å². The summed E-state index contributed by atoms with van der Waals surface area (Å²) in [5, 5.41) is 13.4. The van der Waals surface area contributed by atoms with Crippen LogP contribution in [0.2, 0.25) is 0 Å². The Kier molecular flexibility index (Phi) is 4.69. The molecule has 3 aromatic heterocycles. The molecule has 0 aliphatic carbocycles. The number of anilines is 1. The first kappa shape index (κ1) is 18.1. The summed E-state index contributed by atoms with van der Waals surface area (Å²) in [6.45, 7) is 2.84. The SMILES string of the molecule is CC(Nc1ncnc2c1cnn2-c1ccccc1)c1cnn(Cc2ccccc2)c1. The first-order chi connectivity index (χ1) is 14.8. The van der Waals surface area contributed by atoms with E-state index in [1.807, 2.05) is 64.1 Å². The van der Waals surface area contributed by atoms with Gasteiger partial charge in [-0.05, 0) is 24.6 Å². The third-order valence-electron chi connectivity index (χ3n) is 5.06. The lowest BCUT2D eigenvalue weighted by Gasteiger charge is -2.13. The Bertz CT molecular complexity index is 1260. The summed E-state index contributed by atoms with van der Waals surface area (Å²) >= 11 is 0. The summed E-state index contributed by atoms with van der Waals surface area (Å²) in [5.41, 5.74) is 4.05. The van der Waals surface area contributed by atoms with Crippen LogP contribution < -0.4 is 5.32 Å². The second-order valence-corrected chi connectivity index (χ2v) is 7.17. The molecular formula is C23H21N7. The van der Waals surface area contributed by atoms with Gasteiger partial charge in [-0.1, -0.05) is 48.5 Å². The van der Waals surface area contributed by atoms with Gasteiger partial charge < -0.3 is 5.32 Å². The van der Waals surface area contributed by atoms with E-state index in [1.54, 1.807) is 12.5 Å². The molecule has 3 heterocycles. The van der Waals surface area contributed by atoms with Crippen LogP contribution in [0, 0.1) is 0 Å². The Morgan fingerprint density at radius 3 is 2.47 bits per heavy atom. The Balaban J connectivity index is 1.38. The van der Waals surface area contributed by atoms with E-state index in [4.69, 9.17) is 0 Å². The van der Waals surface area contributed by atoms with Crippen LogP contribution in [0.5, 0.6) is 0 Å². The third kappa shape index (κ3) is 3.53. The van der Waals surface area contributed by atoms with Gasteiger partial charge in [-0.2, -0.15) is 10.2 Å². The van der Waals surface area contributed by atoms with E-state index in [1.165, 1.54) is 5.56 Å². The van der Waals surface area contributed by atoms with E-state index in [2.05, 4.69) is 50.7 Å². The Morgan fingerprint density at radius 2 is 1.67 bits per heavy atom. The average Bonchev–Trinajstić information content (AvgIpc) is 3.43. The molecular weight excluding hydrogens is 374 g/mol. The van der Waals surface area contributed by atoms with Gasteiger partial charge in [0.25, 0.3) is 0 Å². The lowest BCUT2D eigenvalue weighted by molar-refractivity contribution is 0.685. The highest BCUT2D eigenvalue weighted by atomic mass is 15.3. The molecule has 0 spiro atoms. The van der Waals surface area contributed by atoms with Crippen molar-refractivity contribution >= 4 is 16.9 Å². The summed E-state index contributed by atoms with van der Waals surface area (Å²) in [6.07, 6.45) is 7.33. The van der Waals surface area contributed by atoms with Gasteiger partial charge in [0.1, 0.15) is 12.1 Å². The largest absolute Gasteiger partial charge is 0.363 e. The van der Waals surface area contributed by atoms with E-state index in [0.717, 1.165) is 34.6 Å². The lowest BCUT2D eigenvalue weighted by Crippen LogP contribution is -2.08. The number of nitrogens with one attached hydrogen (secondary N) is 1. The number of fused-ring (bicyclic) bond motifs is 1. The van der Waals surface area contributed by atoms with E-state index >= 15 is 0 Å². The van der Waals surface area contributed by atoms with E-state index in [9.17, 15) is 0 Å². The van der Waals surface area contributed by atoms with Crippen LogP contribution in [0.4, 0.5) is 5.82 Å². The zero-order valence-corrected chi connectivity index (χ0v) is 16.6. The second kappa shape index (κ2) is 7.79. The molecule has 1 unspecified atom stereocenters. The standard InChI is InChI=1S/C23H21N7/c1-17(19-12-26-29(15-19)14-18-8-4-2-5-9-18)28-22-21-13-27-30(23(21)25-16-24-22)20-10-6-3-7-11-20/h2-13,15-17H,14H2,1H3,(H,24,25,28). The maximum Gasteiger partial charge on any atom is 0.168 e. The fourth-order valence-electron chi connectivity index (χ4n) is 3.47. The first-order valence-electron chi connectivity index (χ1n) is 9.85. The third-order valence-corrected chi connectivity index (χ3v) is 5.06. The highest BCUT2D eigenvalue weighted by Crippen LogP contribution is 2.25. The van der Waals surface area contributed by atoms with Crippen molar-refractivity contribution in [2.45, 2.75) is 19.5 Å². The van der Waals surface area contributed by atoms with E-state index in [-0.39, 0.29) is 6.04 Å². The van der Waals surface area contributed by atoms with Crippen molar-refractivity contribution in [2.24, 2.45) is 0 Å². The number of nitrogens with zero attached hydrogens (tertiary/aromatic N) is 6. The molecule has 1 N–H and O–H groups in total. The number of rotatable bonds is 6. The van der Waals surface area contributed by atoms with Gasteiger partial charge in [0.15, 0.2) is 5.65 Å². The molecule has 2 aromatic carbocycles. The minimum atomic E-state index is 0.0349. The summed E-state index contributed by atoms with van der Waals surface area (Å²) < 4.78 is 3.77. The lowest BCUT2D eigenvalue weighted by atomic mass is 10.2. The summed E-state index contributed by atoms with van der Waals surface area (Å²) in [4.78, 5) is 8.89. The van der Waals surface area contributed by atoms with Crippen molar-refractivity contribution in [3.05, 3.63) is 96.7 Å². The normalized spacial score (nSPS) is 12.2. The molecule has 30 heavy (non-hydrogen) atoms. The fraction of sp³-hybridized carbons (Fsp3) is 0.130. The minimum absolute atomic E-state index is 0.0349. The van der Waals surface area contributed by atoms with Crippen molar-refractivity contribution in [3.8, 4) is 5.69 Å². The number of benzene rings is 2. The van der Waals surface area contributed by atoms with Gasteiger partial charge in [0.05, 0.1) is 36.1 Å². The van der Waals surface area contributed by atoms with Crippen molar-refractivity contribution in [2.75, 3.05) is 5.32 Å². The van der Waals surface area contributed by atoms with Crippen LogP contribution in [0.1, 0.15) is 24.1 Å². The van der Waals surface area contributed by atoms with Crippen LogP contribution in [-0.2, 0) is 6.54 Å². The highest BCUT2D eigenvalue weighted by molar-refractivity contribution is 5.87. The van der Waals surface area contributed by atoms with Crippen molar-refractivity contribution in [1.82, 2.24) is 29.5 Å². The number of para-hydroxylation sites is 1. The maximum atomic E-state index is 4.51. The molecule has 0 aliphatic rings. The van der Waals surface area contributed by atoms with Crippen LogP contribution in [0.15, 0.2) is 85.6 Å². The van der Waals surface area contributed by atoms with Gasteiger partial charge in [-0.3, -0.25) is 4.68 Å². The molecule has 0 saturated carbocycles. The predicted molar refractivity (Wildman–Crippen MR) is 116 cm³/mol. The van der Waals surface area contributed by atoms with Crippen LogP contribution in [-0.4, -0.2) is 29.5 Å². The topological polar surface area (TPSA) is 73.5 Å². The molecule has 1 atom stereocenters. The Labute approximate surface area is 174 Å². The van der Waals surface area contributed by atoms with Gasteiger partial charge in [0.2, 0.25) is 0 Å². The van der Waals surface area contributed by atoms with Crippen molar-refractivity contribution in [3.63, 3.8) is 0 Å². The molecule has 0 radical (unpaired) electrons. The molecule has 5 rings (SSSR count).